The number of hydrogen-bond acceptors (Lipinski definition) is 6. The first-order valence-electron chi connectivity index (χ1n) is 5.86. The summed E-state index contributed by atoms with van der Waals surface area (Å²) in [5, 5.41) is 0. The zero-order chi connectivity index (χ0) is 13.8. The quantitative estimate of drug-likeness (QED) is 0.526. The van der Waals surface area contributed by atoms with Gasteiger partial charge in [-0.1, -0.05) is 6.92 Å². The van der Waals surface area contributed by atoms with E-state index in [9.17, 15) is 9.59 Å². The van der Waals surface area contributed by atoms with Crippen LogP contribution in [0.25, 0.3) is 0 Å². The average Bonchev–Trinajstić information content (AvgIpc) is 2.76. The zero-order valence-corrected chi connectivity index (χ0v) is 11.2. The fourth-order valence-corrected chi connectivity index (χ4v) is 2.55. The van der Waals surface area contributed by atoms with Crippen molar-refractivity contribution in [3.63, 3.8) is 0 Å². The van der Waals surface area contributed by atoms with Crippen LogP contribution in [0.4, 0.5) is 0 Å². The maximum atomic E-state index is 12.1. The molecule has 6 nitrogen and oxygen atoms in total. The number of hydrogen-bond donors (Lipinski definition) is 0. The molecule has 1 aliphatic rings. The van der Waals surface area contributed by atoms with Gasteiger partial charge in [0.2, 0.25) is 0 Å². The lowest BCUT2D eigenvalue weighted by Gasteiger charge is -2.32. The van der Waals surface area contributed by atoms with Crippen molar-refractivity contribution in [1.82, 2.24) is 0 Å². The summed E-state index contributed by atoms with van der Waals surface area (Å²) in [6.45, 7) is 2.35. The summed E-state index contributed by atoms with van der Waals surface area (Å²) in [4.78, 5) is 24.3. The molecular formula is C12H20O6. The van der Waals surface area contributed by atoms with Crippen LogP contribution in [-0.4, -0.2) is 52.6 Å². The molecule has 0 aromatic carbocycles. The Hall–Kier alpha value is -1.14. The second kappa shape index (κ2) is 6.15. The van der Waals surface area contributed by atoms with Crippen LogP contribution in [0.2, 0.25) is 0 Å². The molecule has 0 aromatic heterocycles. The van der Waals surface area contributed by atoms with Gasteiger partial charge in [0.1, 0.15) is 6.10 Å². The Morgan fingerprint density at radius 3 is 2.17 bits per heavy atom. The Kier molecular flexibility index (Phi) is 5.10. The van der Waals surface area contributed by atoms with Crippen LogP contribution in [0.15, 0.2) is 0 Å². The molecule has 0 saturated carbocycles. The highest BCUT2D eigenvalue weighted by Gasteiger charge is 2.63. The predicted molar refractivity (Wildman–Crippen MR) is 61.9 cm³/mol. The molecule has 2 atom stereocenters. The van der Waals surface area contributed by atoms with E-state index in [1.54, 1.807) is 0 Å². The number of esters is 2. The van der Waals surface area contributed by atoms with Gasteiger partial charge in [-0.2, -0.15) is 0 Å². The molecule has 1 fully saturated rings. The van der Waals surface area contributed by atoms with E-state index in [4.69, 9.17) is 18.9 Å². The van der Waals surface area contributed by atoms with Gasteiger partial charge >= 0.3 is 11.9 Å². The standard InChI is InChI=1S/C12H20O6/c1-5-8-6-18-9(7-15-2)12(8,10(13)16-3)11(14)17-4/h8-9H,5-7H2,1-4H3/t8-,9+/m1/s1. The molecule has 0 bridgehead atoms. The van der Waals surface area contributed by atoms with Gasteiger partial charge in [-0.15, -0.1) is 0 Å². The molecule has 18 heavy (non-hydrogen) atoms. The van der Waals surface area contributed by atoms with E-state index in [1.807, 2.05) is 6.92 Å². The number of ether oxygens (including phenoxy) is 4. The van der Waals surface area contributed by atoms with E-state index in [2.05, 4.69) is 0 Å². The van der Waals surface area contributed by atoms with Gasteiger partial charge in [0.05, 0.1) is 27.4 Å². The van der Waals surface area contributed by atoms with Gasteiger partial charge in [-0.05, 0) is 6.42 Å². The summed E-state index contributed by atoms with van der Waals surface area (Å²) < 4.78 is 20.1. The highest BCUT2D eigenvalue weighted by atomic mass is 16.6. The molecule has 0 amide bonds. The van der Waals surface area contributed by atoms with Gasteiger partial charge in [-0.25, -0.2) is 0 Å². The summed E-state index contributed by atoms with van der Waals surface area (Å²) in [6.07, 6.45) is -0.0583. The first kappa shape index (κ1) is 14.9. The van der Waals surface area contributed by atoms with Gasteiger partial charge in [0.15, 0.2) is 5.41 Å². The summed E-state index contributed by atoms with van der Waals surface area (Å²) >= 11 is 0. The summed E-state index contributed by atoms with van der Waals surface area (Å²) in [7, 11) is 3.99. The Labute approximate surface area is 107 Å². The molecule has 0 aliphatic carbocycles. The number of carbonyl (C=O) groups excluding carboxylic acids is 2. The highest BCUT2D eigenvalue weighted by molar-refractivity contribution is 6.01. The lowest BCUT2D eigenvalue weighted by molar-refractivity contribution is -0.178. The van der Waals surface area contributed by atoms with Crippen LogP contribution in [0.5, 0.6) is 0 Å². The summed E-state index contributed by atoms with van der Waals surface area (Å²) in [5.74, 6) is -1.51. The minimum absolute atomic E-state index is 0.140. The molecule has 0 N–H and O–H groups in total. The molecule has 1 heterocycles. The molecule has 0 radical (unpaired) electrons. The lowest BCUT2D eigenvalue weighted by Crippen LogP contribution is -2.53. The minimum Gasteiger partial charge on any atom is -0.468 e. The van der Waals surface area contributed by atoms with Crippen LogP contribution in [0.3, 0.4) is 0 Å². The molecule has 6 heteroatoms. The topological polar surface area (TPSA) is 71.1 Å². The second-order valence-corrected chi connectivity index (χ2v) is 4.23. The fraction of sp³-hybridized carbons (Fsp3) is 0.833. The molecule has 1 rings (SSSR count). The van der Waals surface area contributed by atoms with Crippen molar-refractivity contribution in [2.24, 2.45) is 11.3 Å². The van der Waals surface area contributed by atoms with E-state index >= 15 is 0 Å². The molecular weight excluding hydrogens is 240 g/mol. The van der Waals surface area contributed by atoms with E-state index in [1.165, 1.54) is 21.3 Å². The average molecular weight is 260 g/mol. The van der Waals surface area contributed by atoms with Crippen molar-refractivity contribution in [3.05, 3.63) is 0 Å². The van der Waals surface area contributed by atoms with Crippen molar-refractivity contribution in [2.75, 3.05) is 34.5 Å². The summed E-state index contributed by atoms with van der Waals surface area (Å²) in [5.41, 5.74) is -1.42. The predicted octanol–water partition coefficient (Wildman–Crippen LogP) is 0.390. The smallest absolute Gasteiger partial charge is 0.326 e. The van der Waals surface area contributed by atoms with Crippen molar-refractivity contribution < 1.29 is 28.5 Å². The Morgan fingerprint density at radius 1 is 1.22 bits per heavy atom. The third-order valence-electron chi connectivity index (χ3n) is 3.51. The van der Waals surface area contributed by atoms with Gasteiger partial charge in [0.25, 0.3) is 0 Å². The van der Waals surface area contributed by atoms with Crippen LogP contribution in [0, 0.1) is 11.3 Å². The Bertz CT molecular complexity index is 298. The largest absolute Gasteiger partial charge is 0.468 e. The maximum Gasteiger partial charge on any atom is 0.326 e. The van der Waals surface area contributed by atoms with Crippen molar-refractivity contribution in [3.8, 4) is 0 Å². The third kappa shape index (κ3) is 2.10. The summed E-state index contributed by atoms with van der Waals surface area (Å²) in [6, 6.07) is 0. The molecule has 1 saturated heterocycles. The zero-order valence-electron chi connectivity index (χ0n) is 11.2. The Morgan fingerprint density at radius 2 is 1.78 bits per heavy atom. The molecule has 0 spiro atoms. The van der Waals surface area contributed by atoms with Crippen LogP contribution in [-0.2, 0) is 28.5 Å². The SMILES string of the molecule is CC[C@@H]1CO[C@@H](COC)C1(C(=O)OC)C(=O)OC. The van der Waals surface area contributed by atoms with E-state index < -0.39 is 23.5 Å². The minimum atomic E-state index is -1.42. The molecule has 0 unspecified atom stereocenters. The molecule has 0 aromatic rings. The third-order valence-corrected chi connectivity index (χ3v) is 3.51. The van der Waals surface area contributed by atoms with Crippen molar-refractivity contribution in [1.29, 1.82) is 0 Å². The van der Waals surface area contributed by atoms with Gasteiger partial charge < -0.3 is 18.9 Å². The number of methoxy groups -OCH3 is 3. The normalized spacial score (nSPS) is 25.8. The Balaban J connectivity index is 3.22. The second-order valence-electron chi connectivity index (χ2n) is 4.23. The number of carbonyl (C=O) groups is 2. The van der Waals surface area contributed by atoms with E-state index in [0.717, 1.165) is 0 Å². The van der Waals surface area contributed by atoms with Gasteiger partial charge in [0, 0.05) is 13.0 Å². The monoisotopic (exact) mass is 260 g/mol. The van der Waals surface area contributed by atoms with Crippen LogP contribution < -0.4 is 0 Å². The van der Waals surface area contributed by atoms with Crippen LogP contribution in [0.1, 0.15) is 13.3 Å². The highest BCUT2D eigenvalue weighted by Crippen LogP contribution is 2.44. The molecule has 1 aliphatic heterocycles. The maximum absolute atomic E-state index is 12.1. The fourth-order valence-electron chi connectivity index (χ4n) is 2.55. The van der Waals surface area contributed by atoms with Crippen molar-refractivity contribution >= 4 is 11.9 Å². The first-order valence-corrected chi connectivity index (χ1v) is 5.86. The van der Waals surface area contributed by atoms with Crippen molar-refractivity contribution in [2.45, 2.75) is 19.4 Å². The molecule has 104 valence electrons. The lowest BCUT2D eigenvalue weighted by atomic mass is 9.72. The van der Waals surface area contributed by atoms with E-state index in [0.29, 0.717) is 13.0 Å². The van der Waals surface area contributed by atoms with E-state index in [-0.39, 0.29) is 12.5 Å². The van der Waals surface area contributed by atoms with Crippen LogP contribution >= 0.6 is 0 Å². The van der Waals surface area contributed by atoms with Gasteiger partial charge in [-0.3, -0.25) is 9.59 Å². The number of rotatable bonds is 5. The first-order chi connectivity index (χ1) is 8.59.